The number of benzene rings is 1. The van der Waals surface area contributed by atoms with Crippen LogP contribution in [0.5, 0.6) is 5.75 Å². The standard InChI is InChI=1S/C24H41N5O.HI/c1-19(2)28-16-12-20(13-17-28)27-24(25-3)26-18-22(29-14-8-5-9-15-29)21-10-6-7-11-23(21)30-4;/h6-7,10-11,19-20,22H,5,8-9,12-18H2,1-4H3,(H2,25,26,27);1H. The number of ether oxygens (including phenoxy) is 1. The summed E-state index contributed by atoms with van der Waals surface area (Å²) in [5, 5.41) is 7.29. The molecule has 0 amide bonds. The molecule has 6 nitrogen and oxygen atoms in total. The maximum absolute atomic E-state index is 5.70. The molecule has 3 rings (SSSR count). The van der Waals surface area contributed by atoms with Crippen LogP contribution in [0.1, 0.15) is 57.6 Å². The Morgan fingerprint density at radius 1 is 1.06 bits per heavy atom. The van der Waals surface area contributed by atoms with Crippen LogP contribution in [0, 0.1) is 0 Å². The molecular formula is C24H42IN5O. The van der Waals surface area contributed by atoms with Crippen molar-refractivity contribution in [1.29, 1.82) is 0 Å². The van der Waals surface area contributed by atoms with Crippen molar-refractivity contribution in [1.82, 2.24) is 20.4 Å². The van der Waals surface area contributed by atoms with Gasteiger partial charge in [0.1, 0.15) is 5.75 Å². The van der Waals surface area contributed by atoms with Crippen LogP contribution in [-0.4, -0.2) is 74.7 Å². The van der Waals surface area contributed by atoms with Crippen LogP contribution in [-0.2, 0) is 0 Å². The molecule has 0 bridgehead atoms. The third-order valence-electron chi connectivity index (χ3n) is 6.62. The van der Waals surface area contributed by atoms with Crippen LogP contribution in [0.2, 0.25) is 0 Å². The predicted octanol–water partition coefficient (Wildman–Crippen LogP) is 3.88. The number of methoxy groups -OCH3 is 1. The smallest absolute Gasteiger partial charge is 0.191 e. The third kappa shape index (κ3) is 7.49. The second-order valence-corrected chi connectivity index (χ2v) is 8.86. The average molecular weight is 544 g/mol. The summed E-state index contributed by atoms with van der Waals surface area (Å²) in [4.78, 5) is 9.68. The number of aliphatic imine (C=N–C) groups is 1. The minimum Gasteiger partial charge on any atom is -0.496 e. The van der Waals surface area contributed by atoms with E-state index in [-0.39, 0.29) is 30.0 Å². The molecule has 2 N–H and O–H groups in total. The maximum Gasteiger partial charge on any atom is 0.191 e. The molecule has 1 aromatic rings. The molecule has 7 heteroatoms. The van der Waals surface area contributed by atoms with E-state index in [1.807, 2.05) is 13.1 Å². The van der Waals surface area contributed by atoms with Crippen molar-refractivity contribution in [3.63, 3.8) is 0 Å². The zero-order chi connectivity index (χ0) is 21.3. The first-order valence-electron chi connectivity index (χ1n) is 11.7. The number of hydrogen-bond acceptors (Lipinski definition) is 4. The van der Waals surface area contributed by atoms with Crippen LogP contribution in [0.15, 0.2) is 29.3 Å². The highest BCUT2D eigenvalue weighted by molar-refractivity contribution is 14.0. The SMILES string of the molecule is CN=C(NCC(c1ccccc1OC)N1CCCCC1)NC1CCN(C(C)C)CC1.I. The van der Waals surface area contributed by atoms with Gasteiger partial charge in [-0.1, -0.05) is 24.6 Å². The molecule has 1 unspecified atom stereocenters. The first kappa shape index (κ1) is 26.2. The summed E-state index contributed by atoms with van der Waals surface area (Å²) in [5.74, 6) is 1.88. The monoisotopic (exact) mass is 543 g/mol. The van der Waals surface area contributed by atoms with E-state index in [0.717, 1.165) is 44.4 Å². The van der Waals surface area contributed by atoms with Gasteiger partial charge in [0.05, 0.1) is 13.2 Å². The fraction of sp³-hybridized carbons (Fsp3) is 0.708. The Balaban J connectivity index is 0.00000341. The van der Waals surface area contributed by atoms with Gasteiger partial charge in [0.2, 0.25) is 0 Å². The van der Waals surface area contributed by atoms with Gasteiger partial charge in [-0.2, -0.15) is 0 Å². The van der Waals surface area contributed by atoms with Crippen LogP contribution >= 0.6 is 24.0 Å². The van der Waals surface area contributed by atoms with E-state index in [1.54, 1.807) is 7.11 Å². The summed E-state index contributed by atoms with van der Waals surface area (Å²) in [5.41, 5.74) is 1.26. The number of nitrogens with zero attached hydrogens (tertiary/aromatic N) is 3. The number of hydrogen-bond donors (Lipinski definition) is 2. The highest BCUT2D eigenvalue weighted by Gasteiger charge is 2.26. The van der Waals surface area contributed by atoms with Gasteiger partial charge in [-0.05, 0) is 58.7 Å². The summed E-state index contributed by atoms with van der Waals surface area (Å²) in [6.45, 7) is 9.99. The molecule has 0 aromatic heterocycles. The van der Waals surface area contributed by atoms with Gasteiger partial charge in [0, 0.05) is 44.3 Å². The lowest BCUT2D eigenvalue weighted by Gasteiger charge is -2.37. The number of halogens is 1. The minimum atomic E-state index is 0. The molecular weight excluding hydrogens is 501 g/mol. The van der Waals surface area contributed by atoms with Crippen LogP contribution in [0.3, 0.4) is 0 Å². The van der Waals surface area contributed by atoms with Gasteiger partial charge in [-0.25, -0.2) is 0 Å². The molecule has 1 atom stereocenters. The molecule has 2 fully saturated rings. The minimum absolute atomic E-state index is 0. The largest absolute Gasteiger partial charge is 0.496 e. The van der Waals surface area contributed by atoms with Crippen molar-refractivity contribution in [3.8, 4) is 5.75 Å². The lowest BCUT2D eigenvalue weighted by atomic mass is 10.0. The van der Waals surface area contributed by atoms with E-state index in [9.17, 15) is 0 Å². The number of rotatable bonds is 7. The number of likely N-dealkylation sites (tertiary alicyclic amines) is 2. The number of para-hydroxylation sites is 1. The Kier molecular flexibility index (Phi) is 11.4. The molecule has 2 aliphatic rings. The lowest BCUT2D eigenvalue weighted by molar-refractivity contribution is 0.160. The summed E-state index contributed by atoms with van der Waals surface area (Å²) in [7, 11) is 3.64. The van der Waals surface area contributed by atoms with E-state index >= 15 is 0 Å². The fourth-order valence-corrected chi connectivity index (χ4v) is 4.75. The van der Waals surface area contributed by atoms with E-state index < -0.39 is 0 Å². The molecule has 2 heterocycles. The topological polar surface area (TPSA) is 52.1 Å². The Labute approximate surface area is 206 Å². The molecule has 2 aliphatic heterocycles. The maximum atomic E-state index is 5.70. The summed E-state index contributed by atoms with van der Waals surface area (Å²) < 4.78 is 5.70. The first-order chi connectivity index (χ1) is 14.6. The quantitative estimate of drug-likeness (QED) is 0.311. The fourth-order valence-electron chi connectivity index (χ4n) is 4.75. The van der Waals surface area contributed by atoms with Crippen molar-refractivity contribution in [2.75, 3.05) is 46.9 Å². The van der Waals surface area contributed by atoms with Crippen molar-refractivity contribution in [2.45, 2.75) is 64.1 Å². The van der Waals surface area contributed by atoms with Crippen molar-refractivity contribution in [2.24, 2.45) is 4.99 Å². The number of nitrogens with one attached hydrogen (secondary N) is 2. The van der Waals surface area contributed by atoms with E-state index in [0.29, 0.717) is 12.1 Å². The second-order valence-electron chi connectivity index (χ2n) is 8.86. The molecule has 0 aliphatic carbocycles. The normalized spacial score (nSPS) is 20.2. The first-order valence-corrected chi connectivity index (χ1v) is 11.7. The molecule has 2 saturated heterocycles. The molecule has 176 valence electrons. The van der Waals surface area contributed by atoms with Gasteiger partial charge in [-0.3, -0.25) is 9.89 Å². The zero-order valence-electron chi connectivity index (χ0n) is 19.8. The van der Waals surface area contributed by atoms with E-state index in [1.165, 1.54) is 37.7 Å². The number of guanidine groups is 1. The van der Waals surface area contributed by atoms with Crippen LogP contribution in [0.25, 0.3) is 0 Å². The Bertz CT molecular complexity index is 670. The summed E-state index contributed by atoms with van der Waals surface area (Å²) >= 11 is 0. The van der Waals surface area contributed by atoms with E-state index in [4.69, 9.17) is 4.74 Å². The van der Waals surface area contributed by atoms with Crippen molar-refractivity contribution < 1.29 is 4.74 Å². The third-order valence-corrected chi connectivity index (χ3v) is 6.62. The van der Waals surface area contributed by atoms with Gasteiger partial charge in [0.25, 0.3) is 0 Å². The van der Waals surface area contributed by atoms with E-state index in [2.05, 4.69) is 57.5 Å². The predicted molar refractivity (Wildman–Crippen MR) is 141 cm³/mol. The van der Waals surface area contributed by atoms with Gasteiger partial charge >= 0.3 is 0 Å². The Morgan fingerprint density at radius 2 is 1.74 bits per heavy atom. The van der Waals surface area contributed by atoms with Crippen molar-refractivity contribution in [3.05, 3.63) is 29.8 Å². The molecule has 0 saturated carbocycles. The van der Waals surface area contributed by atoms with Gasteiger partial charge in [-0.15, -0.1) is 24.0 Å². The average Bonchev–Trinajstić information content (AvgIpc) is 2.79. The van der Waals surface area contributed by atoms with Crippen molar-refractivity contribution >= 4 is 29.9 Å². The molecule has 1 aromatic carbocycles. The number of piperidine rings is 2. The molecule has 0 spiro atoms. The van der Waals surface area contributed by atoms with Crippen LogP contribution < -0.4 is 15.4 Å². The van der Waals surface area contributed by atoms with Gasteiger partial charge in [0.15, 0.2) is 5.96 Å². The Hall–Kier alpha value is -1.06. The Morgan fingerprint density at radius 3 is 2.35 bits per heavy atom. The highest BCUT2D eigenvalue weighted by atomic mass is 127. The second kappa shape index (κ2) is 13.5. The summed E-state index contributed by atoms with van der Waals surface area (Å²) in [6, 6.07) is 9.85. The lowest BCUT2D eigenvalue weighted by Crippen LogP contribution is -2.51. The van der Waals surface area contributed by atoms with Gasteiger partial charge < -0.3 is 20.3 Å². The molecule has 0 radical (unpaired) electrons. The summed E-state index contributed by atoms with van der Waals surface area (Å²) in [6.07, 6.45) is 6.21. The molecule has 31 heavy (non-hydrogen) atoms. The zero-order valence-corrected chi connectivity index (χ0v) is 22.1. The van der Waals surface area contributed by atoms with Crippen LogP contribution in [0.4, 0.5) is 0 Å². The highest BCUT2D eigenvalue weighted by Crippen LogP contribution is 2.30.